The van der Waals surface area contributed by atoms with Crippen molar-refractivity contribution < 1.29 is 4.79 Å². The minimum Gasteiger partial charge on any atom is -0.337 e. The molecule has 112 valence electrons. The zero-order valence-corrected chi connectivity index (χ0v) is 14.3. The molecule has 0 saturated heterocycles. The van der Waals surface area contributed by atoms with E-state index in [0.29, 0.717) is 0 Å². The third-order valence-corrected chi connectivity index (χ3v) is 5.20. The average molecular weight is 323 g/mol. The zero-order valence-electron chi connectivity index (χ0n) is 12.7. The van der Waals surface area contributed by atoms with Gasteiger partial charge in [0.1, 0.15) is 10.9 Å². The smallest absolute Gasteiger partial charge is 0.237 e. The Bertz CT molecular complexity index is 636. The third kappa shape index (κ3) is 3.44. The molecule has 1 aromatic heterocycles. The molecule has 21 heavy (non-hydrogen) atoms. The largest absolute Gasteiger partial charge is 0.337 e. The number of nitrogens with zero attached hydrogens (tertiary/aromatic N) is 2. The van der Waals surface area contributed by atoms with Gasteiger partial charge < -0.3 is 4.90 Å². The summed E-state index contributed by atoms with van der Waals surface area (Å²) in [4.78, 5) is 19.2. The van der Waals surface area contributed by atoms with Crippen molar-refractivity contribution in [1.82, 2.24) is 9.88 Å². The van der Waals surface area contributed by atoms with Crippen LogP contribution in [0, 0.1) is 13.8 Å². The van der Waals surface area contributed by atoms with E-state index in [1.54, 1.807) is 23.3 Å². The molecule has 1 heterocycles. The van der Waals surface area contributed by atoms with Gasteiger partial charge in [-0.25, -0.2) is 4.98 Å². The maximum Gasteiger partial charge on any atom is 0.237 e. The number of alkyl halides is 1. The first-order chi connectivity index (χ1) is 9.93. The van der Waals surface area contributed by atoms with Crippen molar-refractivity contribution in [3.05, 3.63) is 40.4 Å². The molecule has 1 amide bonds. The van der Waals surface area contributed by atoms with Gasteiger partial charge >= 0.3 is 0 Å². The van der Waals surface area contributed by atoms with E-state index in [9.17, 15) is 4.79 Å². The van der Waals surface area contributed by atoms with E-state index in [1.165, 1.54) is 5.56 Å². The molecule has 0 aliphatic rings. The molecular formula is C16H19ClN2OS. The average Bonchev–Trinajstić information content (AvgIpc) is 2.87. The van der Waals surface area contributed by atoms with Crippen molar-refractivity contribution in [2.45, 2.75) is 26.8 Å². The quantitative estimate of drug-likeness (QED) is 0.791. The van der Waals surface area contributed by atoms with E-state index in [1.807, 2.05) is 13.8 Å². The highest BCUT2D eigenvalue weighted by molar-refractivity contribution is 7.15. The van der Waals surface area contributed by atoms with Gasteiger partial charge in [0.15, 0.2) is 0 Å². The molecule has 0 aliphatic carbocycles. The number of benzene rings is 1. The number of rotatable bonds is 4. The van der Waals surface area contributed by atoms with Crippen LogP contribution in [0.3, 0.4) is 0 Å². The van der Waals surface area contributed by atoms with E-state index in [0.717, 1.165) is 21.1 Å². The van der Waals surface area contributed by atoms with E-state index in [4.69, 9.17) is 11.6 Å². The van der Waals surface area contributed by atoms with Gasteiger partial charge in [0, 0.05) is 12.6 Å². The van der Waals surface area contributed by atoms with Crippen molar-refractivity contribution in [3.63, 3.8) is 0 Å². The van der Waals surface area contributed by atoms with Crippen LogP contribution < -0.4 is 0 Å². The van der Waals surface area contributed by atoms with Crippen molar-refractivity contribution in [2.75, 3.05) is 12.9 Å². The number of carbonyl (C=O) groups excluding carboxylic acids is 1. The monoisotopic (exact) mass is 322 g/mol. The molecule has 0 spiro atoms. The number of halogens is 1. The highest BCUT2D eigenvalue weighted by Gasteiger charge is 2.21. The van der Waals surface area contributed by atoms with Crippen LogP contribution in [-0.4, -0.2) is 28.7 Å². The lowest BCUT2D eigenvalue weighted by Gasteiger charge is -2.23. The minimum atomic E-state index is -0.0751. The number of thiazole rings is 1. The van der Waals surface area contributed by atoms with Gasteiger partial charge in [-0.2, -0.15) is 0 Å². The second-order valence-corrected chi connectivity index (χ2v) is 6.45. The minimum absolute atomic E-state index is 0.00348. The Kier molecular flexibility index (Phi) is 5.01. The van der Waals surface area contributed by atoms with Crippen molar-refractivity contribution in [3.8, 4) is 10.6 Å². The number of hydrogen-bond acceptors (Lipinski definition) is 3. The standard InChI is InChI=1S/C16H19ClN2OS/c1-10-5-7-13(8-6-10)16-18-11(2)15(21-16)12(3)19(4)14(20)9-17/h5-8,12H,9H2,1-4H3. The van der Waals surface area contributed by atoms with E-state index in [-0.39, 0.29) is 17.8 Å². The molecular weight excluding hydrogens is 304 g/mol. The Hall–Kier alpha value is -1.39. The van der Waals surface area contributed by atoms with Crippen LogP contribution >= 0.6 is 22.9 Å². The summed E-state index contributed by atoms with van der Waals surface area (Å²) in [5, 5.41) is 0.987. The molecule has 0 fully saturated rings. The molecule has 0 radical (unpaired) electrons. The van der Waals surface area contributed by atoms with Crippen molar-refractivity contribution >= 4 is 28.8 Å². The SMILES string of the molecule is Cc1ccc(-c2nc(C)c(C(C)N(C)C(=O)CCl)s2)cc1. The lowest BCUT2D eigenvalue weighted by molar-refractivity contribution is -0.129. The summed E-state index contributed by atoms with van der Waals surface area (Å²) < 4.78 is 0. The second kappa shape index (κ2) is 6.58. The predicted molar refractivity (Wildman–Crippen MR) is 88.9 cm³/mol. The highest BCUT2D eigenvalue weighted by Crippen LogP contribution is 2.33. The van der Waals surface area contributed by atoms with Crippen LogP contribution in [0.25, 0.3) is 10.6 Å². The molecule has 3 nitrogen and oxygen atoms in total. The first-order valence-corrected chi connectivity index (χ1v) is 8.15. The molecule has 2 rings (SSSR count). The van der Waals surface area contributed by atoms with E-state index >= 15 is 0 Å². The van der Waals surface area contributed by atoms with Crippen molar-refractivity contribution in [2.24, 2.45) is 0 Å². The van der Waals surface area contributed by atoms with E-state index < -0.39 is 0 Å². The molecule has 0 bridgehead atoms. The molecule has 0 saturated carbocycles. The van der Waals surface area contributed by atoms with Gasteiger partial charge in [-0.1, -0.05) is 29.8 Å². The zero-order chi connectivity index (χ0) is 15.6. The molecule has 1 atom stereocenters. The maximum atomic E-state index is 11.7. The molecule has 0 aliphatic heterocycles. The van der Waals surface area contributed by atoms with Gasteiger partial charge in [-0.05, 0) is 20.8 Å². The summed E-state index contributed by atoms with van der Waals surface area (Å²) in [6.07, 6.45) is 0. The molecule has 1 unspecified atom stereocenters. The lowest BCUT2D eigenvalue weighted by Crippen LogP contribution is -2.30. The first-order valence-electron chi connectivity index (χ1n) is 6.80. The van der Waals surface area contributed by atoms with Crippen LogP contribution in [0.5, 0.6) is 0 Å². The summed E-state index contributed by atoms with van der Waals surface area (Å²) in [5.41, 5.74) is 3.31. The fraction of sp³-hybridized carbons (Fsp3) is 0.375. The number of aromatic nitrogens is 1. The number of amides is 1. The molecule has 2 aromatic rings. The maximum absolute atomic E-state index is 11.7. The fourth-order valence-electron chi connectivity index (χ4n) is 2.10. The van der Waals surface area contributed by atoms with Crippen LogP contribution in [0.15, 0.2) is 24.3 Å². The second-order valence-electron chi connectivity index (χ2n) is 5.15. The van der Waals surface area contributed by atoms with Crippen LogP contribution in [0.1, 0.15) is 29.1 Å². The number of hydrogen-bond donors (Lipinski definition) is 0. The predicted octanol–water partition coefficient (Wildman–Crippen LogP) is 4.19. The lowest BCUT2D eigenvalue weighted by atomic mass is 10.2. The number of aryl methyl sites for hydroxylation is 2. The van der Waals surface area contributed by atoms with Crippen LogP contribution in [0.2, 0.25) is 0 Å². The topological polar surface area (TPSA) is 33.2 Å². The highest BCUT2D eigenvalue weighted by atomic mass is 35.5. The summed E-state index contributed by atoms with van der Waals surface area (Å²) in [7, 11) is 1.78. The van der Waals surface area contributed by atoms with Crippen LogP contribution in [0.4, 0.5) is 0 Å². The summed E-state index contributed by atoms with van der Waals surface area (Å²) in [5.74, 6) is -0.0717. The Morgan fingerprint density at radius 3 is 2.52 bits per heavy atom. The fourth-order valence-corrected chi connectivity index (χ4v) is 3.46. The van der Waals surface area contributed by atoms with Gasteiger partial charge in [0.2, 0.25) is 5.91 Å². The molecule has 1 aromatic carbocycles. The first kappa shape index (κ1) is 16.0. The van der Waals surface area contributed by atoms with E-state index in [2.05, 4.69) is 36.2 Å². The van der Waals surface area contributed by atoms with Gasteiger partial charge in [0.05, 0.1) is 16.6 Å². The Morgan fingerprint density at radius 2 is 1.95 bits per heavy atom. The molecule has 5 heteroatoms. The van der Waals surface area contributed by atoms with Gasteiger partial charge in [0.25, 0.3) is 0 Å². The number of carbonyl (C=O) groups is 1. The Labute approximate surface area is 134 Å². The Morgan fingerprint density at radius 1 is 1.33 bits per heavy atom. The normalized spacial score (nSPS) is 12.2. The summed E-state index contributed by atoms with van der Waals surface area (Å²) in [6, 6.07) is 8.30. The third-order valence-electron chi connectivity index (χ3n) is 3.60. The summed E-state index contributed by atoms with van der Waals surface area (Å²) in [6.45, 7) is 6.06. The Balaban J connectivity index is 2.31. The van der Waals surface area contributed by atoms with Crippen LogP contribution in [-0.2, 0) is 4.79 Å². The van der Waals surface area contributed by atoms with Gasteiger partial charge in [-0.3, -0.25) is 4.79 Å². The summed E-state index contributed by atoms with van der Waals surface area (Å²) >= 11 is 7.27. The molecule has 0 N–H and O–H groups in total. The van der Waals surface area contributed by atoms with Crippen molar-refractivity contribution in [1.29, 1.82) is 0 Å². The van der Waals surface area contributed by atoms with Gasteiger partial charge in [-0.15, -0.1) is 22.9 Å².